The summed E-state index contributed by atoms with van der Waals surface area (Å²) in [6, 6.07) is 7.07. The molecular weight excluding hydrogens is 240 g/mol. The Kier molecular flexibility index (Phi) is 2.52. The minimum atomic E-state index is -0.339. The predicted molar refractivity (Wildman–Crippen MR) is 76.7 cm³/mol. The van der Waals surface area contributed by atoms with Gasteiger partial charge in [0.2, 0.25) is 0 Å². The van der Waals surface area contributed by atoms with E-state index in [4.69, 9.17) is 9.15 Å². The van der Waals surface area contributed by atoms with Crippen molar-refractivity contribution in [2.45, 2.75) is 26.4 Å². The van der Waals surface area contributed by atoms with E-state index in [1.807, 2.05) is 18.2 Å². The zero-order valence-electron chi connectivity index (χ0n) is 11.1. The lowest BCUT2D eigenvalue weighted by molar-refractivity contribution is 0.130. The largest absolute Gasteiger partial charge is 0.489 e. The maximum atomic E-state index is 11.2. The fraction of sp³-hybridized carbons (Fsp3) is 0.312. The second-order valence-corrected chi connectivity index (χ2v) is 5.59. The molecule has 100 valence electrons. The van der Waals surface area contributed by atoms with Crippen LogP contribution in [0, 0.1) is 5.41 Å². The van der Waals surface area contributed by atoms with Crippen LogP contribution in [0.25, 0.3) is 11.0 Å². The normalized spacial score (nSPS) is 18.1. The number of rotatable bonds is 2. The molecule has 2 heterocycles. The average molecular weight is 258 g/mol. The highest BCUT2D eigenvalue weighted by molar-refractivity contribution is 5.79. The molecule has 0 bridgehead atoms. The SMILES string of the molecule is C=CC(C)(C)C1Cc2cc3ccc(=O)oc3cc2O1.[HH]. The summed E-state index contributed by atoms with van der Waals surface area (Å²) >= 11 is 0. The molecule has 1 aromatic heterocycles. The van der Waals surface area contributed by atoms with Crippen LogP contribution in [0.15, 0.2) is 46.1 Å². The molecule has 1 atom stereocenters. The van der Waals surface area contributed by atoms with Gasteiger partial charge >= 0.3 is 5.63 Å². The molecule has 0 N–H and O–H groups in total. The monoisotopic (exact) mass is 258 g/mol. The summed E-state index contributed by atoms with van der Waals surface area (Å²) in [5, 5.41) is 0.930. The van der Waals surface area contributed by atoms with Gasteiger partial charge in [0.05, 0.1) is 0 Å². The second kappa shape index (κ2) is 3.98. The van der Waals surface area contributed by atoms with Crippen molar-refractivity contribution in [1.82, 2.24) is 0 Å². The molecule has 0 aliphatic carbocycles. The van der Waals surface area contributed by atoms with Gasteiger partial charge in [-0.05, 0) is 17.7 Å². The molecule has 2 aromatic rings. The number of hydrogen-bond acceptors (Lipinski definition) is 3. The highest BCUT2D eigenvalue weighted by Crippen LogP contribution is 2.39. The van der Waals surface area contributed by atoms with Gasteiger partial charge in [-0.3, -0.25) is 0 Å². The van der Waals surface area contributed by atoms with Crippen molar-refractivity contribution in [2.24, 2.45) is 5.41 Å². The lowest BCUT2D eigenvalue weighted by atomic mass is 9.84. The van der Waals surface area contributed by atoms with Gasteiger partial charge in [-0.2, -0.15) is 0 Å². The van der Waals surface area contributed by atoms with E-state index in [2.05, 4.69) is 20.4 Å². The van der Waals surface area contributed by atoms with Crippen LogP contribution in [0.3, 0.4) is 0 Å². The molecule has 19 heavy (non-hydrogen) atoms. The minimum absolute atomic E-state index is 0. The van der Waals surface area contributed by atoms with Crippen LogP contribution in [-0.4, -0.2) is 6.10 Å². The van der Waals surface area contributed by atoms with E-state index in [9.17, 15) is 4.79 Å². The molecule has 3 nitrogen and oxygen atoms in total. The number of fused-ring (bicyclic) bond motifs is 2. The quantitative estimate of drug-likeness (QED) is 0.611. The standard InChI is InChI=1S/C16H16O3.H2/c1-4-16(2,3)14-8-11-7-10-5-6-15(17)19-12(10)9-13(11)18-14;/h4-7,9,14H,1,8H2,2-3H3;1H. The van der Waals surface area contributed by atoms with Crippen molar-refractivity contribution in [2.75, 3.05) is 0 Å². The van der Waals surface area contributed by atoms with Crippen LogP contribution in [0.2, 0.25) is 0 Å². The first-order valence-electron chi connectivity index (χ1n) is 6.36. The summed E-state index contributed by atoms with van der Waals surface area (Å²) in [5.41, 5.74) is 1.30. The Morgan fingerprint density at radius 2 is 2.21 bits per heavy atom. The number of hydrogen-bond donors (Lipinski definition) is 0. The van der Waals surface area contributed by atoms with Crippen molar-refractivity contribution in [3.63, 3.8) is 0 Å². The summed E-state index contributed by atoms with van der Waals surface area (Å²) in [6.07, 6.45) is 2.84. The Hall–Kier alpha value is -2.03. The molecule has 0 fully saturated rings. The molecule has 0 radical (unpaired) electrons. The lowest BCUT2D eigenvalue weighted by Gasteiger charge is -2.27. The van der Waals surface area contributed by atoms with Gasteiger partial charge in [0.1, 0.15) is 17.4 Å². The van der Waals surface area contributed by atoms with Gasteiger partial charge in [-0.15, -0.1) is 6.58 Å². The Labute approximate surface area is 113 Å². The maximum Gasteiger partial charge on any atom is 0.336 e. The maximum absolute atomic E-state index is 11.2. The summed E-state index contributed by atoms with van der Waals surface area (Å²) < 4.78 is 11.2. The third-order valence-electron chi connectivity index (χ3n) is 3.83. The highest BCUT2D eigenvalue weighted by atomic mass is 16.5. The molecule has 1 unspecified atom stereocenters. The van der Waals surface area contributed by atoms with E-state index in [0.717, 1.165) is 23.1 Å². The number of benzene rings is 1. The first-order chi connectivity index (χ1) is 8.99. The van der Waals surface area contributed by atoms with E-state index in [-0.39, 0.29) is 18.6 Å². The van der Waals surface area contributed by atoms with Crippen LogP contribution in [0.5, 0.6) is 5.75 Å². The van der Waals surface area contributed by atoms with Crippen LogP contribution in [0.1, 0.15) is 20.8 Å². The van der Waals surface area contributed by atoms with E-state index < -0.39 is 0 Å². The van der Waals surface area contributed by atoms with Crippen LogP contribution in [0.4, 0.5) is 0 Å². The van der Waals surface area contributed by atoms with Crippen LogP contribution < -0.4 is 10.4 Å². The Balaban J connectivity index is 0.00000147. The van der Waals surface area contributed by atoms with E-state index in [0.29, 0.717) is 5.58 Å². The predicted octanol–water partition coefficient (Wildman–Crippen LogP) is 3.55. The summed E-state index contributed by atoms with van der Waals surface area (Å²) in [5.74, 6) is 0.807. The molecule has 0 saturated heterocycles. The molecule has 1 aromatic carbocycles. The van der Waals surface area contributed by atoms with Gasteiger partial charge in [-0.25, -0.2) is 4.79 Å². The molecule has 1 aliphatic rings. The van der Waals surface area contributed by atoms with Gasteiger partial charge in [0.25, 0.3) is 0 Å². The lowest BCUT2D eigenvalue weighted by Crippen LogP contribution is -2.31. The first-order valence-corrected chi connectivity index (χ1v) is 6.36. The zero-order valence-corrected chi connectivity index (χ0v) is 11.1. The third kappa shape index (κ3) is 1.95. The summed E-state index contributed by atoms with van der Waals surface area (Å²) in [7, 11) is 0. The van der Waals surface area contributed by atoms with Gasteiger partial charge in [-0.1, -0.05) is 19.9 Å². The molecule has 0 spiro atoms. The fourth-order valence-corrected chi connectivity index (χ4v) is 2.35. The second-order valence-electron chi connectivity index (χ2n) is 5.59. The molecule has 3 rings (SSSR count). The van der Waals surface area contributed by atoms with Crippen molar-refractivity contribution < 1.29 is 10.6 Å². The van der Waals surface area contributed by atoms with Gasteiger partial charge < -0.3 is 9.15 Å². The van der Waals surface area contributed by atoms with Gasteiger partial charge in [0, 0.05) is 30.8 Å². The topological polar surface area (TPSA) is 39.4 Å². The third-order valence-corrected chi connectivity index (χ3v) is 3.83. The van der Waals surface area contributed by atoms with Crippen LogP contribution in [-0.2, 0) is 6.42 Å². The van der Waals surface area contributed by atoms with E-state index in [1.54, 1.807) is 6.07 Å². The summed E-state index contributed by atoms with van der Waals surface area (Å²) in [4.78, 5) is 11.2. The molecule has 0 saturated carbocycles. The van der Waals surface area contributed by atoms with Crippen molar-refractivity contribution >= 4 is 11.0 Å². The molecule has 3 heteroatoms. The van der Waals surface area contributed by atoms with Gasteiger partial charge in [0.15, 0.2) is 0 Å². The Morgan fingerprint density at radius 3 is 2.95 bits per heavy atom. The molecule has 0 amide bonds. The van der Waals surface area contributed by atoms with Crippen molar-refractivity contribution in [1.29, 1.82) is 0 Å². The van der Waals surface area contributed by atoms with Crippen molar-refractivity contribution in [3.05, 3.63) is 52.9 Å². The molecule has 1 aliphatic heterocycles. The smallest absolute Gasteiger partial charge is 0.336 e. The Bertz CT molecular complexity index is 715. The van der Waals surface area contributed by atoms with Crippen LogP contribution >= 0.6 is 0 Å². The Morgan fingerprint density at radius 1 is 1.42 bits per heavy atom. The van der Waals surface area contributed by atoms with E-state index >= 15 is 0 Å². The first kappa shape index (κ1) is 12.0. The molecular formula is C16H18O3. The highest BCUT2D eigenvalue weighted by Gasteiger charge is 2.34. The average Bonchev–Trinajstić information content (AvgIpc) is 2.79. The zero-order chi connectivity index (χ0) is 13.6. The van der Waals surface area contributed by atoms with E-state index in [1.165, 1.54) is 6.07 Å². The number of ether oxygens (including phenoxy) is 1. The summed E-state index contributed by atoms with van der Waals surface area (Å²) in [6.45, 7) is 8.08. The van der Waals surface area contributed by atoms with Crippen molar-refractivity contribution in [3.8, 4) is 5.75 Å². The minimum Gasteiger partial charge on any atom is -0.489 e. The fourth-order valence-electron chi connectivity index (χ4n) is 2.35.